The van der Waals surface area contributed by atoms with Gasteiger partial charge in [0.05, 0.1) is 19.3 Å². The van der Waals surface area contributed by atoms with Crippen LogP contribution in [-0.2, 0) is 6.54 Å². The maximum atomic E-state index is 12.8. The van der Waals surface area contributed by atoms with E-state index >= 15 is 0 Å². The van der Waals surface area contributed by atoms with Crippen molar-refractivity contribution in [1.29, 1.82) is 0 Å². The second-order valence-corrected chi connectivity index (χ2v) is 8.18. The number of amides is 1. The van der Waals surface area contributed by atoms with Crippen LogP contribution in [-0.4, -0.2) is 54.0 Å². The SMILES string of the molecule is COc1ccc(-c2csc(CN3CCN(C(=O)c4ccccc4C)CC3)n2)cc1. The highest BCUT2D eigenvalue weighted by Gasteiger charge is 2.23. The summed E-state index contributed by atoms with van der Waals surface area (Å²) in [5.41, 5.74) is 3.95. The summed E-state index contributed by atoms with van der Waals surface area (Å²) in [6, 6.07) is 15.8. The Labute approximate surface area is 175 Å². The Balaban J connectivity index is 1.33. The number of hydrogen-bond acceptors (Lipinski definition) is 5. The number of piperazine rings is 1. The first-order valence-corrected chi connectivity index (χ1v) is 10.7. The molecule has 1 aromatic heterocycles. The summed E-state index contributed by atoms with van der Waals surface area (Å²) >= 11 is 1.69. The Morgan fingerprint density at radius 2 is 1.79 bits per heavy atom. The third kappa shape index (κ3) is 4.49. The Kier molecular flexibility index (Phi) is 5.92. The molecule has 0 radical (unpaired) electrons. The van der Waals surface area contributed by atoms with Crippen LogP contribution in [0.5, 0.6) is 5.75 Å². The van der Waals surface area contributed by atoms with Crippen LogP contribution in [0.4, 0.5) is 0 Å². The number of carbonyl (C=O) groups is 1. The lowest BCUT2D eigenvalue weighted by molar-refractivity contribution is 0.0627. The van der Waals surface area contributed by atoms with E-state index in [1.54, 1.807) is 18.4 Å². The van der Waals surface area contributed by atoms with E-state index in [1.165, 1.54) is 0 Å². The lowest BCUT2D eigenvalue weighted by Gasteiger charge is -2.34. The molecule has 0 bridgehead atoms. The minimum atomic E-state index is 0.138. The summed E-state index contributed by atoms with van der Waals surface area (Å²) in [4.78, 5) is 21.9. The second-order valence-electron chi connectivity index (χ2n) is 7.24. The number of benzene rings is 2. The number of ether oxygens (including phenoxy) is 1. The van der Waals surface area contributed by atoms with E-state index in [-0.39, 0.29) is 5.91 Å². The van der Waals surface area contributed by atoms with E-state index in [1.807, 2.05) is 60.4 Å². The highest BCUT2D eigenvalue weighted by Crippen LogP contribution is 2.25. The van der Waals surface area contributed by atoms with Crippen molar-refractivity contribution in [2.45, 2.75) is 13.5 Å². The van der Waals surface area contributed by atoms with Crippen LogP contribution in [0.15, 0.2) is 53.9 Å². The molecule has 4 rings (SSSR count). The van der Waals surface area contributed by atoms with Crippen LogP contribution in [0.1, 0.15) is 20.9 Å². The van der Waals surface area contributed by atoms with E-state index in [0.717, 1.165) is 65.9 Å². The largest absolute Gasteiger partial charge is 0.497 e. The molecule has 0 spiro atoms. The Morgan fingerprint density at radius 3 is 2.48 bits per heavy atom. The van der Waals surface area contributed by atoms with Crippen LogP contribution in [0.2, 0.25) is 0 Å². The summed E-state index contributed by atoms with van der Waals surface area (Å²) in [5, 5.41) is 3.21. The zero-order valence-electron chi connectivity index (χ0n) is 16.8. The maximum Gasteiger partial charge on any atom is 0.254 e. The van der Waals surface area contributed by atoms with Crippen molar-refractivity contribution in [3.63, 3.8) is 0 Å². The van der Waals surface area contributed by atoms with Gasteiger partial charge in [-0.25, -0.2) is 4.98 Å². The third-order valence-electron chi connectivity index (χ3n) is 5.33. The standard InChI is InChI=1S/C23H25N3O2S/c1-17-5-3-4-6-20(17)23(27)26-13-11-25(12-14-26)15-22-24-21(16-29-22)18-7-9-19(28-2)10-8-18/h3-10,16H,11-15H2,1-2H3. The zero-order chi connectivity index (χ0) is 20.2. The average molecular weight is 408 g/mol. The van der Waals surface area contributed by atoms with Crippen molar-refractivity contribution in [3.05, 3.63) is 70.0 Å². The van der Waals surface area contributed by atoms with Gasteiger partial charge in [-0.3, -0.25) is 9.69 Å². The highest BCUT2D eigenvalue weighted by atomic mass is 32.1. The molecule has 1 aliphatic rings. The topological polar surface area (TPSA) is 45.7 Å². The molecule has 5 nitrogen and oxygen atoms in total. The zero-order valence-corrected chi connectivity index (χ0v) is 17.6. The average Bonchev–Trinajstić information content (AvgIpc) is 3.23. The van der Waals surface area contributed by atoms with Crippen molar-refractivity contribution < 1.29 is 9.53 Å². The molecule has 2 heterocycles. The summed E-state index contributed by atoms with van der Waals surface area (Å²) in [6.07, 6.45) is 0. The van der Waals surface area contributed by atoms with Crippen molar-refractivity contribution in [2.24, 2.45) is 0 Å². The minimum absolute atomic E-state index is 0.138. The van der Waals surface area contributed by atoms with E-state index < -0.39 is 0 Å². The molecule has 0 unspecified atom stereocenters. The van der Waals surface area contributed by atoms with Crippen LogP contribution in [0.25, 0.3) is 11.3 Å². The second kappa shape index (κ2) is 8.76. The monoisotopic (exact) mass is 407 g/mol. The van der Waals surface area contributed by atoms with Gasteiger partial charge in [0.25, 0.3) is 5.91 Å². The van der Waals surface area contributed by atoms with Gasteiger partial charge in [-0.05, 0) is 42.8 Å². The fourth-order valence-electron chi connectivity index (χ4n) is 3.56. The minimum Gasteiger partial charge on any atom is -0.497 e. The van der Waals surface area contributed by atoms with E-state index in [9.17, 15) is 4.79 Å². The number of rotatable bonds is 5. The summed E-state index contributed by atoms with van der Waals surface area (Å²) in [7, 11) is 1.67. The van der Waals surface area contributed by atoms with Crippen molar-refractivity contribution in [2.75, 3.05) is 33.3 Å². The van der Waals surface area contributed by atoms with Gasteiger partial charge in [0.1, 0.15) is 10.8 Å². The first kappa shape index (κ1) is 19.6. The number of hydrogen-bond donors (Lipinski definition) is 0. The van der Waals surface area contributed by atoms with Gasteiger partial charge < -0.3 is 9.64 Å². The number of methoxy groups -OCH3 is 1. The predicted molar refractivity (Wildman–Crippen MR) is 116 cm³/mol. The number of aryl methyl sites for hydroxylation is 1. The first-order valence-electron chi connectivity index (χ1n) is 9.80. The number of nitrogens with zero attached hydrogens (tertiary/aromatic N) is 3. The maximum absolute atomic E-state index is 12.8. The van der Waals surface area contributed by atoms with Gasteiger partial charge in [0.15, 0.2) is 0 Å². The van der Waals surface area contributed by atoms with Gasteiger partial charge in [-0.2, -0.15) is 0 Å². The number of carbonyl (C=O) groups excluding carboxylic acids is 1. The fraction of sp³-hybridized carbons (Fsp3) is 0.304. The van der Waals surface area contributed by atoms with Gasteiger partial charge in [0, 0.05) is 42.7 Å². The van der Waals surface area contributed by atoms with Gasteiger partial charge >= 0.3 is 0 Å². The van der Waals surface area contributed by atoms with Gasteiger partial charge in [0.2, 0.25) is 0 Å². The Morgan fingerprint density at radius 1 is 1.07 bits per heavy atom. The Bertz CT molecular complexity index is 976. The van der Waals surface area contributed by atoms with Crippen molar-refractivity contribution in [1.82, 2.24) is 14.8 Å². The van der Waals surface area contributed by atoms with Crippen LogP contribution in [0, 0.1) is 6.92 Å². The molecular formula is C23H25N3O2S. The third-order valence-corrected chi connectivity index (χ3v) is 6.16. The summed E-state index contributed by atoms with van der Waals surface area (Å²) in [5.74, 6) is 0.987. The van der Waals surface area contributed by atoms with E-state index in [4.69, 9.17) is 9.72 Å². The van der Waals surface area contributed by atoms with Crippen molar-refractivity contribution in [3.8, 4) is 17.0 Å². The first-order chi connectivity index (χ1) is 14.1. The predicted octanol–water partition coefficient (Wildman–Crippen LogP) is 4.09. The quantitative estimate of drug-likeness (QED) is 0.639. The molecule has 0 aliphatic carbocycles. The molecule has 29 heavy (non-hydrogen) atoms. The molecule has 0 atom stereocenters. The number of thiazole rings is 1. The van der Waals surface area contributed by atoms with Gasteiger partial charge in [-0.1, -0.05) is 18.2 Å². The molecule has 1 amide bonds. The smallest absolute Gasteiger partial charge is 0.254 e. The molecule has 0 N–H and O–H groups in total. The van der Waals surface area contributed by atoms with E-state index in [0.29, 0.717) is 0 Å². The lowest BCUT2D eigenvalue weighted by Crippen LogP contribution is -2.48. The molecule has 1 saturated heterocycles. The Hall–Kier alpha value is -2.70. The van der Waals surface area contributed by atoms with Crippen molar-refractivity contribution >= 4 is 17.2 Å². The van der Waals surface area contributed by atoms with Crippen LogP contribution in [0.3, 0.4) is 0 Å². The summed E-state index contributed by atoms with van der Waals surface area (Å²) < 4.78 is 5.22. The molecule has 2 aromatic carbocycles. The van der Waals surface area contributed by atoms with Gasteiger partial charge in [-0.15, -0.1) is 11.3 Å². The number of aromatic nitrogens is 1. The fourth-order valence-corrected chi connectivity index (χ4v) is 4.41. The van der Waals surface area contributed by atoms with E-state index in [2.05, 4.69) is 10.3 Å². The normalized spacial score (nSPS) is 14.8. The highest BCUT2D eigenvalue weighted by molar-refractivity contribution is 7.09. The summed E-state index contributed by atoms with van der Waals surface area (Å²) in [6.45, 7) is 6.07. The molecule has 1 fully saturated rings. The molecule has 150 valence electrons. The van der Waals surface area contributed by atoms with Crippen LogP contribution >= 0.6 is 11.3 Å². The van der Waals surface area contributed by atoms with Crippen LogP contribution < -0.4 is 4.74 Å². The molecule has 3 aromatic rings. The molecule has 1 aliphatic heterocycles. The lowest BCUT2D eigenvalue weighted by atomic mass is 10.1. The molecule has 0 saturated carbocycles. The molecular weight excluding hydrogens is 382 g/mol. The molecule has 6 heteroatoms.